The van der Waals surface area contributed by atoms with E-state index in [-0.39, 0.29) is 5.91 Å². The van der Waals surface area contributed by atoms with E-state index in [2.05, 4.69) is 20.3 Å². The summed E-state index contributed by atoms with van der Waals surface area (Å²) in [4.78, 5) is 27.0. The average molecular weight is 334 g/mol. The van der Waals surface area contributed by atoms with Gasteiger partial charge in [-0.05, 0) is 25.0 Å². The molecule has 1 saturated heterocycles. The second kappa shape index (κ2) is 6.72. The molecule has 7 nitrogen and oxygen atoms in total. The van der Waals surface area contributed by atoms with E-state index in [1.807, 2.05) is 41.3 Å². The minimum absolute atomic E-state index is 0.0204. The lowest BCUT2D eigenvalue weighted by atomic mass is 10.3. The molecule has 1 aromatic carbocycles. The summed E-state index contributed by atoms with van der Waals surface area (Å²) in [5, 5.41) is 3.23. The number of para-hydroxylation sites is 1. The number of rotatable bonds is 4. The Bertz CT molecular complexity index is 870. The van der Waals surface area contributed by atoms with Crippen molar-refractivity contribution < 1.29 is 4.79 Å². The monoisotopic (exact) mass is 334 g/mol. The first-order valence-corrected chi connectivity index (χ1v) is 8.27. The molecule has 25 heavy (non-hydrogen) atoms. The number of carbonyl (C=O) groups excluding carboxylic acids is 1. The molecule has 0 radical (unpaired) electrons. The minimum Gasteiger partial charge on any atom is -0.340 e. The highest BCUT2D eigenvalue weighted by Gasteiger charge is 2.21. The molecule has 1 fully saturated rings. The summed E-state index contributed by atoms with van der Waals surface area (Å²) in [7, 11) is 0. The highest BCUT2D eigenvalue weighted by Crippen LogP contribution is 2.17. The molecule has 1 amide bonds. The van der Waals surface area contributed by atoms with Crippen molar-refractivity contribution in [1.29, 1.82) is 0 Å². The number of hydrogen-bond acceptors (Lipinski definition) is 5. The Morgan fingerprint density at radius 1 is 1.04 bits per heavy atom. The van der Waals surface area contributed by atoms with Gasteiger partial charge < -0.3 is 10.2 Å². The molecular formula is C18H18N6O. The van der Waals surface area contributed by atoms with Crippen LogP contribution in [0.5, 0.6) is 0 Å². The zero-order chi connectivity index (χ0) is 17.1. The van der Waals surface area contributed by atoms with Gasteiger partial charge in [0.25, 0.3) is 5.91 Å². The topological polar surface area (TPSA) is 75.9 Å². The summed E-state index contributed by atoms with van der Waals surface area (Å²) in [6.45, 7) is 1.62. The van der Waals surface area contributed by atoms with Crippen LogP contribution in [-0.2, 0) is 0 Å². The molecule has 2 aromatic heterocycles. The molecule has 0 aliphatic carbocycles. The van der Waals surface area contributed by atoms with Crippen LogP contribution < -0.4 is 5.32 Å². The molecule has 0 atom stereocenters. The fourth-order valence-corrected chi connectivity index (χ4v) is 2.87. The van der Waals surface area contributed by atoms with E-state index >= 15 is 0 Å². The largest absolute Gasteiger partial charge is 0.340 e. The zero-order valence-electron chi connectivity index (χ0n) is 13.7. The number of nitrogens with zero attached hydrogens (tertiary/aromatic N) is 5. The molecule has 126 valence electrons. The highest BCUT2D eigenvalue weighted by atomic mass is 16.2. The second-order valence-corrected chi connectivity index (χ2v) is 5.92. The smallest absolute Gasteiger partial charge is 0.274 e. The van der Waals surface area contributed by atoms with Crippen LogP contribution in [0.25, 0.3) is 5.82 Å². The highest BCUT2D eigenvalue weighted by molar-refractivity contribution is 5.92. The van der Waals surface area contributed by atoms with Crippen LogP contribution in [-0.4, -0.2) is 43.4 Å². The van der Waals surface area contributed by atoms with Crippen molar-refractivity contribution in [2.45, 2.75) is 12.8 Å². The van der Waals surface area contributed by atoms with Gasteiger partial charge in [0.1, 0.15) is 30.0 Å². The van der Waals surface area contributed by atoms with E-state index in [9.17, 15) is 4.79 Å². The predicted octanol–water partition coefficient (Wildman–Crippen LogP) is 2.64. The molecular weight excluding hydrogens is 316 g/mol. The van der Waals surface area contributed by atoms with Crippen molar-refractivity contribution in [1.82, 2.24) is 24.4 Å². The summed E-state index contributed by atoms with van der Waals surface area (Å²) < 4.78 is 1.74. The molecule has 4 rings (SSSR count). The summed E-state index contributed by atoms with van der Waals surface area (Å²) in [5.74, 6) is 1.31. The molecule has 1 N–H and O–H groups in total. The maximum atomic E-state index is 12.4. The molecule has 1 aliphatic rings. The normalized spacial score (nSPS) is 13.8. The number of nitrogens with one attached hydrogen (secondary N) is 1. The van der Waals surface area contributed by atoms with E-state index in [0.29, 0.717) is 17.3 Å². The van der Waals surface area contributed by atoms with Crippen molar-refractivity contribution in [2.24, 2.45) is 0 Å². The Hall–Kier alpha value is -3.22. The quantitative estimate of drug-likeness (QED) is 0.794. The third-order valence-corrected chi connectivity index (χ3v) is 4.16. The van der Waals surface area contributed by atoms with Crippen molar-refractivity contribution in [3.63, 3.8) is 0 Å². The van der Waals surface area contributed by atoms with Gasteiger partial charge in [-0.25, -0.2) is 15.0 Å². The number of imidazole rings is 1. The molecule has 0 spiro atoms. The maximum absolute atomic E-state index is 12.4. The lowest BCUT2D eigenvalue weighted by Gasteiger charge is -2.12. The Morgan fingerprint density at radius 3 is 2.64 bits per heavy atom. The van der Waals surface area contributed by atoms with Crippen LogP contribution in [0.3, 0.4) is 0 Å². The summed E-state index contributed by atoms with van der Waals surface area (Å²) in [6, 6.07) is 11.6. The first-order chi connectivity index (χ1) is 12.3. The first-order valence-electron chi connectivity index (χ1n) is 8.27. The lowest BCUT2D eigenvalue weighted by molar-refractivity contribution is 0.0787. The lowest BCUT2D eigenvalue weighted by Crippen LogP contribution is -2.27. The summed E-state index contributed by atoms with van der Waals surface area (Å²) in [5.41, 5.74) is 1.39. The number of aromatic nitrogens is 4. The molecule has 0 saturated carbocycles. The van der Waals surface area contributed by atoms with E-state index in [1.165, 1.54) is 6.33 Å². The predicted molar refractivity (Wildman–Crippen MR) is 94.0 cm³/mol. The van der Waals surface area contributed by atoms with Gasteiger partial charge in [0.05, 0.1) is 0 Å². The Kier molecular flexibility index (Phi) is 4.12. The number of hydrogen-bond donors (Lipinski definition) is 1. The summed E-state index contributed by atoms with van der Waals surface area (Å²) in [6.07, 6.45) is 6.94. The molecule has 0 unspecified atom stereocenters. The van der Waals surface area contributed by atoms with Gasteiger partial charge in [0, 0.05) is 31.0 Å². The third kappa shape index (κ3) is 3.35. The first kappa shape index (κ1) is 15.3. The number of carbonyl (C=O) groups is 1. The van der Waals surface area contributed by atoms with Crippen LogP contribution in [0.1, 0.15) is 23.3 Å². The maximum Gasteiger partial charge on any atom is 0.274 e. The number of anilines is 2. The Morgan fingerprint density at radius 2 is 1.84 bits per heavy atom. The van der Waals surface area contributed by atoms with Gasteiger partial charge >= 0.3 is 0 Å². The number of likely N-dealkylation sites (tertiary alicyclic amines) is 1. The van der Waals surface area contributed by atoms with Crippen molar-refractivity contribution in [2.75, 3.05) is 18.4 Å². The van der Waals surface area contributed by atoms with E-state index in [4.69, 9.17) is 0 Å². The zero-order valence-corrected chi connectivity index (χ0v) is 13.7. The van der Waals surface area contributed by atoms with Crippen LogP contribution in [0.4, 0.5) is 11.5 Å². The SMILES string of the molecule is O=C(c1cn(-c2cc(Nc3ccccc3)ncn2)cn1)N1CCCC1. The molecule has 7 heteroatoms. The van der Waals surface area contributed by atoms with E-state index in [1.54, 1.807) is 17.1 Å². The van der Waals surface area contributed by atoms with E-state index < -0.39 is 0 Å². The third-order valence-electron chi connectivity index (χ3n) is 4.16. The van der Waals surface area contributed by atoms with Gasteiger partial charge in [-0.3, -0.25) is 9.36 Å². The molecule has 3 aromatic rings. The van der Waals surface area contributed by atoms with Gasteiger partial charge in [-0.15, -0.1) is 0 Å². The standard InChI is InChI=1S/C18H18N6O/c25-18(23-8-4-5-9-23)15-11-24(13-21-15)17-10-16(19-12-20-17)22-14-6-2-1-3-7-14/h1-3,6-7,10-13H,4-5,8-9H2,(H,19,20,22). The van der Waals surface area contributed by atoms with Crippen LogP contribution in [0.15, 0.2) is 55.2 Å². The summed E-state index contributed by atoms with van der Waals surface area (Å²) >= 11 is 0. The van der Waals surface area contributed by atoms with Gasteiger partial charge in [-0.2, -0.15) is 0 Å². The van der Waals surface area contributed by atoms with Crippen molar-refractivity contribution in [3.05, 3.63) is 60.9 Å². The van der Waals surface area contributed by atoms with Gasteiger partial charge in [0.15, 0.2) is 0 Å². The molecule has 0 bridgehead atoms. The second-order valence-electron chi connectivity index (χ2n) is 5.92. The fourth-order valence-electron chi connectivity index (χ4n) is 2.87. The van der Waals surface area contributed by atoms with Gasteiger partial charge in [0.2, 0.25) is 0 Å². The number of benzene rings is 1. The van der Waals surface area contributed by atoms with Gasteiger partial charge in [-0.1, -0.05) is 18.2 Å². The fraction of sp³-hybridized carbons (Fsp3) is 0.222. The average Bonchev–Trinajstić information content (AvgIpc) is 3.34. The van der Waals surface area contributed by atoms with Crippen molar-refractivity contribution in [3.8, 4) is 5.82 Å². The Balaban J connectivity index is 1.54. The Labute approximate surface area is 145 Å². The number of amides is 1. The van der Waals surface area contributed by atoms with Crippen LogP contribution in [0.2, 0.25) is 0 Å². The van der Waals surface area contributed by atoms with Crippen molar-refractivity contribution >= 4 is 17.4 Å². The van der Waals surface area contributed by atoms with Crippen LogP contribution >= 0.6 is 0 Å². The van der Waals surface area contributed by atoms with Crippen LogP contribution in [0, 0.1) is 0 Å². The van der Waals surface area contributed by atoms with E-state index in [0.717, 1.165) is 31.6 Å². The molecule has 1 aliphatic heterocycles. The minimum atomic E-state index is -0.0204. The molecule has 3 heterocycles.